The number of hydrogen-bond acceptors (Lipinski definition) is 6. The van der Waals surface area contributed by atoms with Gasteiger partial charge in [0.25, 0.3) is 10.0 Å². The van der Waals surface area contributed by atoms with Gasteiger partial charge in [0.05, 0.1) is 16.9 Å². The van der Waals surface area contributed by atoms with Gasteiger partial charge in [-0.25, -0.2) is 12.4 Å². The summed E-state index contributed by atoms with van der Waals surface area (Å²) in [7, 11) is -1.94. The van der Waals surface area contributed by atoms with Crippen LogP contribution in [0.5, 0.6) is 0 Å². The van der Waals surface area contributed by atoms with Crippen molar-refractivity contribution in [2.24, 2.45) is 0 Å². The number of halogens is 1. The number of pyridine rings is 2. The fourth-order valence-corrected chi connectivity index (χ4v) is 4.81. The van der Waals surface area contributed by atoms with Gasteiger partial charge in [0.15, 0.2) is 0 Å². The van der Waals surface area contributed by atoms with E-state index in [-0.39, 0.29) is 17.3 Å². The molecule has 4 rings (SSSR count). The number of hydrogen-bond donors (Lipinski definition) is 2. The minimum atomic E-state index is -3.78. The van der Waals surface area contributed by atoms with Crippen LogP contribution in [0.4, 0.5) is 11.4 Å². The van der Waals surface area contributed by atoms with Crippen molar-refractivity contribution in [2.75, 3.05) is 12.4 Å². The topological polar surface area (TPSA) is 88.9 Å². The number of aryl methyl sites for hydroxylation is 2. The average Bonchev–Trinajstić information content (AvgIpc) is 3.10. The second-order valence-electron chi connectivity index (χ2n) is 7.12. The molecular formula is C22H24ClN5O2S. The Kier molecular flexibility index (Phi) is 6.64. The van der Waals surface area contributed by atoms with Gasteiger partial charge in [0.2, 0.25) is 0 Å². The van der Waals surface area contributed by atoms with Gasteiger partial charge in [-0.15, -0.1) is 12.4 Å². The van der Waals surface area contributed by atoms with Gasteiger partial charge in [0.1, 0.15) is 4.90 Å². The van der Waals surface area contributed by atoms with Crippen LogP contribution in [-0.4, -0.2) is 29.4 Å². The molecule has 0 amide bonds. The summed E-state index contributed by atoms with van der Waals surface area (Å²) in [6, 6.07) is 12.8. The molecule has 0 saturated carbocycles. The van der Waals surface area contributed by atoms with Gasteiger partial charge in [0, 0.05) is 41.9 Å². The predicted molar refractivity (Wildman–Crippen MR) is 126 cm³/mol. The Bertz CT molecular complexity index is 1320. The van der Waals surface area contributed by atoms with Gasteiger partial charge in [-0.05, 0) is 62.9 Å². The fourth-order valence-electron chi connectivity index (χ4n) is 3.46. The molecular weight excluding hydrogens is 434 g/mol. The Balaban J connectivity index is 0.00000272. The molecule has 0 bridgehead atoms. The van der Waals surface area contributed by atoms with Crippen molar-refractivity contribution in [3.63, 3.8) is 0 Å². The maximum absolute atomic E-state index is 13.3. The Morgan fingerprint density at radius 2 is 1.90 bits per heavy atom. The summed E-state index contributed by atoms with van der Waals surface area (Å²) in [6.07, 6.45) is 4.59. The maximum atomic E-state index is 13.3. The molecule has 0 spiro atoms. The maximum Gasteiger partial charge on any atom is 0.269 e. The molecule has 0 aliphatic heterocycles. The monoisotopic (exact) mass is 457 g/mol. The molecule has 9 heteroatoms. The van der Waals surface area contributed by atoms with E-state index in [4.69, 9.17) is 0 Å². The molecule has 1 aromatic carbocycles. The number of nitrogens with zero attached hydrogens (tertiary/aromatic N) is 3. The lowest BCUT2D eigenvalue weighted by molar-refractivity contribution is 0.588. The second-order valence-corrected chi connectivity index (χ2v) is 8.93. The molecule has 0 aliphatic rings. The van der Waals surface area contributed by atoms with Crippen LogP contribution in [0.15, 0.2) is 66.0 Å². The van der Waals surface area contributed by atoms with Crippen molar-refractivity contribution in [1.82, 2.24) is 19.3 Å². The van der Waals surface area contributed by atoms with Crippen LogP contribution in [0.2, 0.25) is 0 Å². The van der Waals surface area contributed by atoms with E-state index in [0.717, 1.165) is 33.7 Å². The first kappa shape index (κ1) is 22.7. The van der Waals surface area contributed by atoms with Crippen LogP contribution in [0, 0.1) is 13.8 Å². The number of nitrogens with one attached hydrogen (secondary N) is 2. The van der Waals surface area contributed by atoms with Crippen molar-refractivity contribution in [3.05, 3.63) is 78.0 Å². The quantitative estimate of drug-likeness (QED) is 0.451. The van der Waals surface area contributed by atoms with Crippen LogP contribution in [0.3, 0.4) is 0 Å². The van der Waals surface area contributed by atoms with E-state index in [1.807, 2.05) is 51.2 Å². The third kappa shape index (κ3) is 4.41. The van der Waals surface area contributed by atoms with E-state index >= 15 is 0 Å². The number of fused-ring (bicyclic) bond motifs is 1. The normalized spacial score (nSPS) is 11.3. The van der Waals surface area contributed by atoms with Crippen LogP contribution in [0.25, 0.3) is 10.9 Å². The minimum Gasteiger partial charge on any atom is -0.354 e. The second kappa shape index (κ2) is 9.05. The van der Waals surface area contributed by atoms with Gasteiger partial charge in [-0.2, -0.15) is 0 Å². The zero-order valence-electron chi connectivity index (χ0n) is 17.5. The first-order chi connectivity index (χ1) is 14.4. The molecule has 0 unspecified atom stereocenters. The van der Waals surface area contributed by atoms with Crippen molar-refractivity contribution >= 4 is 44.7 Å². The number of anilines is 2. The third-order valence-corrected chi connectivity index (χ3v) is 6.57. The van der Waals surface area contributed by atoms with Gasteiger partial charge >= 0.3 is 0 Å². The molecule has 31 heavy (non-hydrogen) atoms. The van der Waals surface area contributed by atoms with E-state index in [2.05, 4.69) is 20.6 Å². The minimum absolute atomic E-state index is 0. The number of aromatic nitrogens is 3. The molecule has 7 nitrogen and oxygen atoms in total. The summed E-state index contributed by atoms with van der Waals surface area (Å²) >= 11 is 0. The largest absolute Gasteiger partial charge is 0.354 e. The lowest BCUT2D eigenvalue weighted by Crippen LogP contribution is -2.12. The fraction of sp³-hybridized carbons (Fsp3) is 0.182. The third-order valence-electron chi connectivity index (χ3n) is 4.92. The standard InChI is InChI=1S/C22H23N5O2S.ClH/c1-15-6-9-21(16(2)25-15)26-18-7-8-20-17(12-23-3)14-27(22(20)11-18)30(28,29)19-5-4-10-24-13-19;/h4-11,13-14,23,26H,12H2,1-3H3;1H. The molecule has 3 aromatic heterocycles. The van der Waals surface area contributed by atoms with E-state index in [1.54, 1.807) is 24.5 Å². The first-order valence-electron chi connectivity index (χ1n) is 9.55. The first-order valence-corrected chi connectivity index (χ1v) is 11.0. The zero-order chi connectivity index (χ0) is 21.3. The average molecular weight is 458 g/mol. The molecule has 2 N–H and O–H groups in total. The molecule has 0 saturated heterocycles. The van der Waals surface area contributed by atoms with Crippen LogP contribution < -0.4 is 10.6 Å². The van der Waals surface area contributed by atoms with Crippen LogP contribution in [0.1, 0.15) is 17.0 Å². The van der Waals surface area contributed by atoms with E-state index in [0.29, 0.717) is 12.1 Å². The Morgan fingerprint density at radius 1 is 1.10 bits per heavy atom. The molecule has 0 radical (unpaired) electrons. The van der Waals surface area contributed by atoms with E-state index in [1.165, 1.54) is 10.2 Å². The van der Waals surface area contributed by atoms with E-state index in [9.17, 15) is 8.42 Å². The summed E-state index contributed by atoms with van der Waals surface area (Å²) in [5, 5.41) is 7.33. The van der Waals surface area contributed by atoms with Crippen LogP contribution in [-0.2, 0) is 16.6 Å². The van der Waals surface area contributed by atoms with E-state index < -0.39 is 10.0 Å². The van der Waals surface area contributed by atoms with Crippen molar-refractivity contribution < 1.29 is 8.42 Å². The summed E-state index contributed by atoms with van der Waals surface area (Å²) < 4.78 is 27.9. The highest BCUT2D eigenvalue weighted by molar-refractivity contribution is 7.90. The Labute approximate surface area is 188 Å². The lowest BCUT2D eigenvalue weighted by atomic mass is 10.1. The number of rotatable bonds is 6. The van der Waals surface area contributed by atoms with Crippen molar-refractivity contribution in [2.45, 2.75) is 25.3 Å². The predicted octanol–water partition coefficient (Wildman–Crippen LogP) is 4.17. The van der Waals surface area contributed by atoms with Crippen molar-refractivity contribution in [3.8, 4) is 0 Å². The van der Waals surface area contributed by atoms with Gasteiger partial charge < -0.3 is 10.6 Å². The SMILES string of the molecule is CNCc1cn(S(=O)(=O)c2cccnc2)c2cc(Nc3ccc(C)nc3C)ccc12.Cl. The molecule has 0 atom stereocenters. The molecule has 0 aliphatic carbocycles. The molecule has 162 valence electrons. The Hall–Kier alpha value is -2.94. The highest BCUT2D eigenvalue weighted by Gasteiger charge is 2.21. The highest BCUT2D eigenvalue weighted by atomic mass is 35.5. The summed E-state index contributed by atoms with van der Waals surface area (Å²) in [5.41, 5.74) is 4.99. The lowest BCUT2D eigenvalue weighted by Gasteiger charge is -2.11. The summed E-state index contributed by atoms with van der Waals surface area (Å²) in [5.74, 6) is 0. The zero-order valence-corrected chi connectivity index (χ0v) is 19.1. The molecule has 0 fully saturated rings. The summed E-state index contributed by atoms with van der Waals surface area (Å²) in [4.78, 5) is 8.59. The van der Waals surface area contributed by atoms with Crippen molar-refractivity contribution in [1.29, 1.82) is 0 Å². The number of benzene rings is 1. The van der Waals surface area contributed by atoms with Gasteiger partial charge in [-0.1, -0.05) is 6.07 Å². The van der Waals surface area contributed by atoms with Gasteiger partial charge in [-0.3, -0.25) is 9.97 Å². The molecule has 4 aromatic rings. The Morgan fingerprint density at radius 3 is 2.58 bits per heavy atom. The smallest absolute Gasteiger partial charge is 0.269 e. The molecule has 3 heterocycles. The highest BCUT2D eigenvalue weighted by Crippen LogP contribution is 2.30. The summed E-state index contributed by atoms with van der Waals surface area (Å²) in [6.45, 7) is 4.44. The van der Waals surface area contributed by atoms with Crippen LogP contribution >= 0.6 is 12.4 Å².